The van der Waals surface area contributed by atoms with Gasteiger partial charge in [-0.3, -0.25) is 0 Å². The summed E-state index contributed by atoms with van der Waals surface area (Å²) < 4.78 is 25.9. The maximum Gasteiger partial charge on any atom is 0.347 e. The molecule has 24 heteroatoms. The van der Waals surface area contributed by atoms with E-state index >= 15 is 0 Å². The molecule has 1 heterocycles. The van der Waals surface area contributed by atoms with E-state index in [1.54, 1.807) is 0 Å². The van der Waals surface area contributed by atoms with Gasteiger partial charge in [0.25, 0.3) is 16.6 Å². The molecule has 0 amide bonds. The zero-order chi connectivity index (χ0) is 32.8. The van der Waals surface area contributed by atoms with E-state index in [-0.39, 0.29) is 0 Å². The van der Waals surface area contributed by atoms with Crippen molar-refractivity contribution in [3.8, 4) is 0 Å². The average Bonchev–Trinajstić information content (AvgIpc) is 2.96. The second kappa shape index (κ2) is 13.4. The number of aromatic nitrogens is 3. The maximum atomic E-state index is 12.8. The van der Waals surface area contributed by atoms with Crippen molar-refractivity contribution in [3.63, 3.8) is 0 Å². The fourth-order valence-corrected chi connectivity index (χ4v) is 3.27. The zero-order valence-electron chi connectivity index (χ0n) is 22.1. The molecule has 234 valence electrons. The lowest BCUT2D eigenvalue weighted by molar-refractivity contribution is -0.202. The van der Waals surface area contributed by atoms with Crippen LogP contribution < -0.4 is 0 Å². The van der Waals surface area contributed by atoms with Crippen molar-refractivity contribution in [1.29, 1.82) is 0 Å². The first kappa shape index (κ1) is 35.5. The fraction of sp³-hybridized carbons (Fsp3) is 0.500. The summed E-state index contributed by atoms with van der Waals surface area (Å²) in [6, 6.07) is 0. The molecule has 0 aliphatic heterocycles. The molecule has 1 rings (SSSR count). The normalized spacial score (nSPS) is 12.1. The summed E-state index contributed by atoms with van der Waals surface area (Å²) in [5.41, 5.74) is -12.0. The molecule has 0 unspecified atom stereocenters. The van der Waals surface area contributed by atoms with Gasteiger partial charge in [0.1, 0.15) is 0 Å². The second-order valence-electron chi connectivity index (χ2n) is 7.21. The van der Waals surface area contributed by atoms with Crippen LogP contribution in [-0.4, -0.2) is 125 Å². The Morgan fingerprint density at radius 3 is 0.714 bits per heavy atom. The fourth-order valence-electron chi connectivity index (χ4n) is 3.27. The van der Waals surface area contributed by atoms with Gasteiger partial charge in [0, 0.05) is 0 Å². The van der Waals surface area contributed by atoms with Gasteiger partial charge in [0.15, 0.2) is 17.5 Å². The number of carbonyl (C=O) groups excluding carboxylic acids is 6. The van der Waals surface area contributed by atoms with Crippen molar-refractivity contribution in [1.82, 2.24) is 30.6 Å². The Hall–Kier alpha value is -4.53. The van der Waals surface area contributed by atoms with E-state index in [9.17, 15) is 60.0 Å². The SMILES string of the molecule is COC(=O)C(C(=O)OC)(c1nc(C(C(=O)OC)(C(=O)OC)N([O-])O)nc(C(C(=O)OC)(C(=O)OC)N([O-])O)n1)N([O-])O. The largest absolute Gasteiger partial charge is 0.761 e. The minimum atomic E-state index is -4.02. The predicted octanol–water partition coefficient (Wildman–Crippen LogP) is -3.94. The lowest BCUT2D eigenvalue weighted by Gasteiger charge is -2.41. The first-order valence-corrected chi connectivity index (χ1v) is 10.3. The molecule has 0 aliphatic rings. The van der Waals surface area contributed by atoms with Crippen LogP contribution in [-0.2, 0) is 73.8 Å². The number of hydrogen-bond donors (Lipinski definition) is 3. The van der Waals surface area contributed by atoms with Crippen LogP contribution in [0.1, 0.15) is 17.5 Å². The summed E-state index contributed by atoms with van der Waals surface area (Å²) in [7, 11) is 3.21. The van der Waals surface area contributed by atoms with E-state index in [4.69, 9.17) is 0 Å². The monoisotopic (exact) mass is 609 g/mol. The van der Waals surface area contributed by atoms with Gasteiger partial charge >= 0.3 is 35.8 Å². The topological polar surface area (TPSA) is 336 Å². The first-order valence-electron chi connectivity index (χ1n) is 10.3. The molecule has 0 spiro atoms. The van der Waals surface area contributed by atoms with Crippen LogP contribution in [0.4, 0.5) is 0 Å². The van der Waals surface area contributed by atoms with Gasteiger partial charge in [0.05, 0.1) is 42.7 Å². The van der Waals surface area contributed by atoms with E-state index in [1.807, 2.05) is 0 Å². The van der Waals surface area contributed by atoms with Gasteiger partial charge in [-0.25, -0.2) is 59.4 Å². The summed E-state index contributed by atoms with van der Waals surface area (Å²) in [6.45, 7) is 0. The molecule has 1 aromatic rings. The summed E-state index contributed by atoms with van der Waals surface area (Å²) in [5, 5.41) is 62.3. The van der Waals surface area contributed by atoms with Crippen LogP contribution in [0.25, 0.3) is 0 Å². The number of hydroxylamine groups is 6. The van der Waals surface area contributed by atoms with E-state index in [0.717, 1.165) is 0 Å². The lowest BCUT2D eigenvalue weighted by Crippen LogP contribution is -2.61. The van der Waals surface area contributed by atoms with Crippen LogP contribution in [0.15, 0.2) is 0 Å². The van der Waals surface area contributed by atoms with Crippen molar-refractivity contribution in [2.24, 2.45) is 0 Å². The number of nitrogens with zero attached hydrogens (tertiary/aromatic N) is 6. The Bertz CT molecular complexity index is 1030. The number of esters is 6. The van der Waals surface area contributed by atoms with Gasteiger partial charge in [0.2, 0.25) is 0 Å². The third-order valence-electron chi connectivity index (χ3n) is 5.35. The molecule has 24 nitrogen and oxygen atoms in total. The van der Waals surface area contributed by atoms with Crippen LogP contribution in [0.2, 0.25) is 0 Å². The number of hydrogen-bond acceptors (Lipinski definition) is 24. The maximum absolute atomic E-state index is 12.8. The molecule has 3 N–H and O–H groups in total. The number of ether oxygens (including phenoxy) is 6. The molecule has 0 saturated carbocycles. The summed E-state index contributed by atoms with van der Waals surface area (Å²) >= 11 is 0. The zero-order valence-corrected chi connectivity index (χ0v) is 22.1. The number of carbonyl (C=O) groups is 6. The van der Waals surface area contributed by atoms with Crippen molar-refractivity contribution in [3.05, 3.63) is 33.1 Å². The number of methoxy groups -OCH3 is 6. The van der Waals surface area contributed by atoms with Crippen molar-refractivity contribution in [2.45, 2.75) is 16.6 Å². The molecular formula is C18H21N6O18-3. The third kappa shape index (κ3) is 5.04. The molecule has 1 aromatic heterocycles. The van der Waals surface area contributed by atoms with E-state index in [0.29, 0.717) is 42.7 Å². The van der Waals surface area contributed by atoms with Gasteiger partial charge in [-0.1, -0.05) is 0 Å². The molecule has 0 aliphatic carbocycles. The molecule has 0 aromatic carbocycles. The van der Waals surface area contributed by atoms with Crippen LogP contribution in [0.3, 0.4) is 0 Å². The van der Waals surface area contributed by atoms with Crippen LogP contribution >= 0.6 is 0 Å². The van der Waals surface area contributed by atoms with E-state index < -0.39 is 85.6 Å². The Labute approximate surface area is 232 Å². The Morgan fingerprint density at radius 1 is 0.476 bits per heavy atom. The highest BCUT2D eigenvalue weighted by atomic mass is 16.8. The minimum Gasteiger partial charge on any atom is -0.761 e. The lowest BCUT2D eigenvalue weighted by atomic mass is 9.94. The second-order valence-corrected chi connectivity index (χ2v) is 7.21. The Kier molecular flexibility index (Phi) is 11.3. The Balaban J connectivity index is 4.86. The predicted molar refractivity (Wildman–Crippen MR) is 118 cm³/mol. The standard InChI is InChI=1S/C18H21N6O18/c1-37-10(25)16(22(31)32,11(26)38-2)7-19-8(17(23(33)34,12(27)39-3)13(28)40-4)21-9(20-7)18(24(35)36,14(29)41-5)15(30)42-6/h31,33,35H,1-6H3/q-3. The summed E-state index contributed by atoms with van der Waals surface area (Å²) in [5.74, 6) is -18.4. The Morgan fingerprint density at radius 2 is 0.619 bits per heavy atom. The minimum absolute atomic E-state index is 0.535. The van der Waals surface area contributed by atoms with Crippen molar-refractivity contribution >= 4 is 35.8 Å². The quantitative estimate of drug-likeness (QED) is 0.0880. The highest BCUT2D eigenvalue weighted by molar-refractivity contribution is 6.07. The van der Waals surface area contributed by atoms with Crippen molar-refractivity contribution < 1.29 is 72.8 Å². The first-order chi connectivity index (χ1) is 19.5. The summed E-state index contributed by atoms with van der Waals surface area (Å²) in [4.78, 5) is 86.7. The third-order valence-corrected chi connectivity index (χ3v) is 5.35. The van der Waals surface area contributed by atoms with Crippen LogP contribution in [0, 0.1) is 15.6 Å². The molecule has 0 bridgehead atoms. The summed E-state index contributed by atoms with van der Waals surface area (Å²) in [6.07, 6.45) is 0. The van der Waals surface area contributed by atoms with Gasteiger partial charge < -0.3 is 59.7 Å². The number of rotatable bonds is 12. The molecule has 0 atom stereocenters. The molecule has 0 radical (unpaired) electrons. The smallest absolute Gasteiger partial charge is 0.347 e. The van der Waals surface area contributed by atoms with Gasteiger partial charge in [-0.2, -0.15) is 0 Å². The van der Waals surface area contributed by atoms with E-state index in [2.05, 4.69) is 43.4 Å². The molecule has 42 heavy (non-hydrogen) atoms. The van der Waals surface area contributed by atoms with Crippen molar-refractivity contribution in [2.75, 3.05) is 42.7 Å². The highest BCUT2D eigenvalue weighted by Crippen LogP contribution is 2.36. The van der Waals surface area contributed by atoms with Gasteiger partial charge in [-0.15, -0.1) is 0 Å². The molecular weight excluding hydrogens is 588 g/mol. The molecule has 0 fully saturated rings. The van der Waals surface area contributed by atoms with Gasteiger partial charge in [-0.05, 0) is 0 Å². The average molecular weight is 609 g/mol. The van der Waals surface area contributed by atoms with E-state index in [1.165, 1.54) is 0 Å². The van der Waals surface area contributed by atoms with Crippen LogP contribution in [0.5, 0.6) is 0 Å². The molecule has 0 saturated heterocycles. The highest BCUT2D eigenvalue weighted by Gasteiger charge is 2.62.